The molecule has 0 amide bonds. The maximum atomic E-state index is 11.0. The summed E-state index contributed by atoms with van der Waals surface area (Å²) in [6.45, 7) is 2.50. The number of ether oxygens (including phenoxy) is 3. The fourth-order valence-electron chi connectivity index (χ4n) is 1.35. The lowest BCUT2D eigenvalue weighted by atomic mass is 10.1. The molecule has 0 radical (unpaired) electrons. The van der Waals surface area contributed by atoms with E-state index in [1.54, 1.807) is 6.07 Å². The van der Waals surface area contributed by atoms with Gasteiger partial charge in [-0.25, -0.2) is 4.79 Å². The first-order valence-corrected chi connectivity index (χ1v) is 5.69. The zero-order valence-corrected chi connectivity index (χ0v) is 11.3. The summed E-state index contributed by atoms with van der Waals surface area (Å²) in [5, 5.41) is 0. The van der Waals surface area contributed by atoms with E-state index in [1.165, 1.54) is 45.2 Å². The molecule has 1 aromatic rings. The van der Waals surface area contributed by atoms with Crippen LogP contribution in [0.15, 0.2) is 24.3 Å². The first-order chi connectivity index (χ1) is 9.42. The van der Waals surface area contributed by atoms with Crippen LogP contribution in [0.5, 0.6) is 11.5 Å². The monoisotopic (exact) mass is 278 g/mol. The van der Waals surface area contributed by atoms with E-state index in [0.717, 1.165) is 0 Å². The van der Waals surface area contributed by atoms with E-state index in [0.29, 0.717) is 5.56 Å². The molecule has 0 bridgehead atoms. The molecule has 6 nitrogen and oxygen atoms in total. The van der Waals surface area contributed by atoms with E-state index in [2.05, 4.69) is 4.74 Å². The molecule has 0 aliphatic heterocycles. The summed E-state index contributed by atoms with van der Waals surface area (Å²) in [5.41, 5.74) is 0.474. The maximum Gasteiger partial charge on any atom is 0.330 e. The molecule has 6 heteroatoms. The van der Waals surface area contributed by atoms with Crippen LogP contribution in [0.2, 0.25) is 0 Å². The smallest absolute Gasteiger partial charge is 0.330 e. The topological polar surface area (TPSA) is 78.9 Å². The molecule has 1 aromatic carbocycles. The van der Waals surface area contributed by atoms with Gasteiger partial charge in [-0.05, 0) is 18.2 Å². The zero-order chi connectivity index (χ0) is 15.1. The molecule has 0 fully saturated rings. The van der Waals surface area contributed by atoms with Gasteiger partial charge in [-0.1, -0.05) is 0 Å². The highest BCUT2D eigenvalue weighted by molar-refractivity contribution is 5.88. The molecule has 0 aliphatic carbocycles. The number of hydrogen-bond acceptors (Lipinski definition) is 6. The molecular weight excluding hydrogens is 264 g/mol. The highest BCUT2D eigenvalue weighted by Gasteiger charge is 2.08. The number of methoxy groups -OCH3 is 1. The SMILES string of the molecule is COC(=O)C=Cc1ccc(OC(C)=O)cc1OC(C)=O. The Morgan fingerprint density at radius 1 is 1.05 bits per heavy atom. The van der Waals surface area contributed by atoms with Gasteiger partial charge in [0, 0.05) is 31.6 Å². The molecular formula is C14H14O6. The number of carbonyl (C=O) groups excluding carboxylic acids is 3. The summed E-state index contributed by atoms with van der Waals surface area (Å²) in [6, 6.07) is 4.46. The summed E-state index contributed by atoms with van der Waals surface area (Å²) in [6.07, 6.45) is 2.62. The third-order valence-corrected chi connectivity index (χ3v) is 2.10. The fraction of sp³-hybridized carbons (Fsp3) is 0.214. The molecule has 0 atom stereocenters. The Balaban J connectivity index is 3.09. The molecule has 0 saturated heterocycles. The standard InChI is InChI=1S/C14H14O6/c1-9(15)19-12-6-4-11(5-7-14(17)18-3)13(8-12)20-10(2)16/h4-8H,1-3H3. The third-order valence-electron chi connectivity index (χ3n) is 2.10. The first-order valence-electron chi connectivity index (χ1n) is 5.69. The lowest BCUT2D eigenvalue weighted by molar-refractivity contribution is -0.135. The molecule has 0 heterocycles. The average Bonchev–Trinajstić information content (AvgIpc) is 2.36. The second kappa shape index (κ2) is 7.08. The fourth-order valence-corrected chi connectivity index (χ4v) is 1.35. The van der Waals surface area contributed by atoms with Gasteiger partial charge < -0.3 is 14.2 Å². The minimum atomic E-state index is -0.539. The van der Waals surface area contributed by atoms with Gasteiger partial charge in [0.1, 0.15) is 11.5 Å². The molecule has 0 saturated carbocycles. The van der Waals surface area contributed by atoms with E-state index >= 15 is 0 Å². The van der Waals surface area contributed by atoms with Crippen molar-refractivity contribution in [3.63, 3.8) is 0 Å². The first kappa shape index (κ1) is 15.4. The zero-order valence-electron chi connectivity index (χ0n) is 11.3. The van der Waals surface area contributed by atoms with Crippen LogP contribution in [-0.2, 0) is 19.1 Å². The van der Waals surface area contributed by atoms with Crippen LogP contribution in [0.3, 0.4) is 0 Å². The summed E-state index contributed by atoms with van der Waals surface area (Å²) >= 11 is 0. The van der Waals surface area contributed by atoms with Crippen molar-refractivity contribution in [2.45, 2.75) is 13.8 Å². The van der Waals surface area contributed by atoms with Crippen LogP contribution < -0.4 is 9.47 Å². The number of esters is 3. The molecule has 0 aliphatic rings. The van der Waals surface area contributed by atoms with E-state index < -0.39 is 17.9 Å². The van der Waals surface area contributed by atoms with Crippen LogP contribution in [0, 0.1) is 0 Å². The summed E-state index contributed by atoms with van der Waals surface area (Å²) in [7, 11) is 1.25. The van der Waals surface area contributed by atoms with Crippen LogP contribution >= 0.6 is 0 Å². The third kappa shape index (κ3) is 4.93. The Morgan fingerprint density at radius 3 is 2.25 bits per heavy atom. The van der Waals surface area contributed by atoms with Crippen molar-refractivity contribution in [1.29, 1.82) is 0 Å². The molecule has 0 aromatic heterocycles. The molecule has 0 unspecified atom stereocenters. The summed E-state index contributed by atoms with van der Waals surface area (Å²) < 4.78 is 14.4. The van der Waals surface area contributed by atoms with Crippen molar-refractivity contribution >= 4 is 24.0 Å². The number of rotatable bonds is 4. The van der Waals surface area contributed by atoms with E-state index in [1.807, 2.05) is 0 Å². The van der Waals surface area contributed by atoms with Crippen molar-refractivity contribution in [3.8, 4) is 11.5 Å². The van der Waals surface area contributed by atoms with Crippen molar-refractivity contribution in [1.82, 2.24) is 0 Å². The van der Waals surface area contributed by atoms with Crippen molar-refractivity contribution in [3.05, 3.63) is 29.8 Å². The van der Waals surface area contributed by atoms with Gasteiger partial charge in [0.05, 0.1) is 7.11 Å². The van der Waals surface area contributed by atoms with Gasteiger partial charge in [-0.3, -0.25) is 9.59 Å². The van der Waals surface area contributed by atoms with E-state index in [9.17, 15) is 14.4 Å². The maximum absolute atomic E-state index is 11.0. The van der Waals surface area contributed by atoms with Gasteiger partial charge in [-0.15, -0.1) is 0 Å². The van der Waals surface area contributed by atoms with Crippen LogP contribution in [0.4, 0.5) is 0 Å². The summed E-state index contributed by atoms with van der Waals surface area (Å²) in [5.74, 6) is -1.14. The minimum Gasteiger partial charge on any atom is -0.466 e. The van der Waals surface area contributed by atoms with Gasteiger partial charge in [-0.2, -0.15) is 0 Å². The Kier molecular flexibility index (Phi) is 5.46. The average molecular weight is 278 g/mol. The molecule has 0 spiro atoms. The van der Waals surface area contributed by atoms with Crippen LogP contribution in [0.1, 0.15) is 19.4 Å². The normalized spacial score (nSPS) is 10.2. The predicted molar refractivity (Wildman–Crippen MR) is 70.1 cm³/mol. The van der Waals surface area contributed by atoms with Gasteiger partial charge in [0.2, 0.25) is 0 Å². The molecule has 106 valence electrons. The van der Waals surface area contributed by atoms with E-state index in [4.69, 9.17) is 9.47 Å². The molecule has 0 N–H and O–H groups in total. The van der Waals surface area contributed by atoms with Crippen molar-refractivity contribution in [2.24, 2.45) is 0 Å². The lowest BCUT2D eigenvalue weighted by Gasteiger charge is -2.08. The number of hydrogen-bond donors (Lipinski definition) is 0. The predicted octanol–water partition coefficient (Wildman–Crippen LogP) is 1.72. The van der Waals surface area contributed by atoms with Crippen LogP contribution in [0.25, 0.3) is 6.08 Å². The Hall–Kier alpha value is -2.63. The second-order valence-corrected chi connectivity index (χ2v) is 3.74. The van der Waals surface area contributed by atoms with Crippen molar-refractivity contribution in [2.75, 3.05) is 7.11 Å². The van der Waals surface area contributed by atoms with Crippen molar-refractivity contribution < 1.29 is 28.6 Å². The Bertz CT molecular complexity index is 559. The molecule has 1 rings (SSSR count). The minimum absolute atomic E-state index is 0.177. The van der Waals surface area contributed by atoms with Gasteiger partial charge >= 0.3 is 17.9 Å². The number of benzene rings is 1. The highest BCUT2D eigenvalue weighted by atomic mass is 16.5. The Labute approximate surface area is 115 Å². The highest BCUT2D eigenvalue weighted by Crippen LogP contribution is 2.26. The number of carbonyl (C=O) groups is 3. The van der Waals surface area contributed by atoms with Gasteiger partial charge in [0.25, 0.3) is 0 Å². The quantitative estimate of drug-likeness (QED) is 0.474. The molecule has 20 heavy (non-hydrogen) atoms. The van der Waals surface area contributed by atoms with Crippen LogP contribution in [-0.4, -0.2) is 25.0 Å². The second-order valence-electron chi connectivity index (χ2n) is 3.74. The largest absolute Gasteiger partial charge is 0.466 e. The Morgan fingerprint density at radius 2 is 1.70 bits per heavy atom. The van der Waals surface area contributed by atoms with Gasteiger partial charge in [0.15, 0.2) is 0 Å². The van der Waals surface area contributed by atoms with E-state index in [-0.39, 0.29) is 11.5 Å². The summed E-state index contributed by atoms with van der Waals surface area (Å²) in [4.78, 5) is 33.0. The lowest BCUT2D eigenvalue weighted by Crippen LogP contribution is -2.05.